The Morgan fingerprint density at radius 1 is 1.11 bits per heavy atom. The highest BCUT2D eigenvalue weighted by Crippen LogP contribution is 2.39. The number of rotatable bonds is 6. The van der Waals surface area contributed by atoms with Crippen LogP contribution >= 0.6 is 0 Å². The Bertz CT molecular complexity index is 828. The first kappa shape index (κ1) is 19.3. The molecule has 1 saturated heterocycles. The molecule has 1 aliphatic heterocycles. The average Bonchev–Trinajstić information content (AvgIpc) is 2.74. The molecule has 0 radical (unpaired) electrons. The Labute approximate surface area is 168 Å². The van der Waals surface area contributed by atoms with Gasteiger partial charge in [-0.3, -0.25) is 4.98 Å². The first-order valence-electron chi connectivity index (χ1n) is 10.9. The molecule has 0 amide bonds. The quantitative estimate of drug-likeness (QED) is 0.800. The maximum absolute atomic E-state index is 5.80. The molecule has 2 aliphatic rings. The van der Waals surface area contributed by atoms with Crippen LogP contribution in [0.3, 0.4) is 0 Å². The van der Waals surface area contributed by atoms with Gasteiger partial charge in [0.2, 0.25) is 0 Å². The summed E-state index contributed by atoms with van der Waals surface area (Å²) in [5.41, 5.74) is 4.98. The molecule has 1 aromatic heterocycles. The standard InChI is InChI=1S/C23H33N3O2/c1-4-26-12-10-16(11-13-26)24-23-17-8-6-7-9-19(17)25-20-15-22(28-5-2)21(27-3)14-18(20)23/h14-16H,4-13H2,1-3H3,(H,24,25). The molecule has 1 fully saturated rings. The van der Waals surface area contributed by atoms with Crippen LogP contribution in [-0.2, 0) is 12.8 Å². The molecule has 0 saturated carbocycles. The molecule has 4 rings (SSSR count). The minimum absolute atomic E-state index is 0.525. The van der Waals surface area contributed by atoms with Gasteiger partial charge in [0.25, 0.3) is 0 Å². The van der Waals surface area contributed by atoms with Gasteiger partial charge in [-0.25, -0.2) is 0 Å². The topological polar surface area (TPSA) is 46.6 Å². The SMILES string of the molecule is CCOc1cc2nc3c(c(NC4CCN(CC)CC4)c2cc1OC)CCCC3. The van der Waals surface area contributed by atoms with Crippen LogP contribution in [0.15, 0.2) is 12.1 Å². The van der Waals surface area contributed by atoms with E-state index in [1.165, 1.54) is 61.1 Å². The molecule has 152 valence electrons. The number of benzene rings is 1. The van der Waals surface area contributed by atoms with Gasteiger partial charge < -0.3 is 19.7 Å². The van der Waals surface area contributed by atoms with Crippen molar-refractivity contribution in [2.45, 2.75) is 58.4 Å². The molecule has 0 atom stereocenters. The molecule has 2 heterocycles. The van der Waals surface area contributed by atoms with Gasteiger partial charge in [-0.2, -0.15) is 0 Å². The largest absolute Gasteiger partial charge is 0.493 e. The summed E-state index contributed by atoms with van der Waals surface area (Å²) in [6.45, 7) is 8.38. The zero-order valence-electron chi connectivity index (χ0n) is 17.5. The van der Waals surface area contributed by atoms with Crippen molar-refractivity contribution in [3.05, 3.63) is 23.4 Å². The van der Waals surface area contributed by atoms with Gasteiger partial charge in [-0.15, -0.1) is 0 Å². The third-order valence-electron chi connectivity index (χ3n) is 6.23. The van der Waals surface area contributed by atoms with Crippen molar-refractivity contribution in [1.29, 1.82) is 0 Å². The van der Waals surface area contributed by atoms with E-state index in [4.69, 9.17) is 14.5 Å². The molecular weight excluding hydrogens is 350 g/mol. The van der Waals surface area contributed by atoms with Gasteiger partial charge >= 0.3 is 0 Å². The second-order valence-corrected chi connectivity index (χ2v) is 7.93. The van der Waals surface area contributed by atoms with Crippen molar-refractivity contribution >= 4 is 16.6 Å². The fraction of sp³-hybridized carbons (Fsp3) is 0.609. The first-order chi connectivity index (χ1) is 13.7. The van der Waals surface area contributed by atoms with E-state index in [2.05, 4.69) is 29.3 Å². The molecule has 0 spiro atoms. The maximum atomic E-state index is 5.80. The zero-order valence-corrected chi connectivity index (χ0v) is 17.5. The van der Waals surface area contributed by atoms with E-state index in [0.29, 0.717) is 12.6 Å². The number of aromatic nitrogens is 1. The Morgan fingerprint density at radius 2 is 1.89 bits per heavy atom. The van der Waals surface area contributed by atoms with E-state index in [1.807, 2.05) is 6.92 Å². The lowest BCUT2D eigenvalue weighted by Gasteiger charge is -2.33. The Hall–Kier alpha value is -2.01. The number of fused-ring (bicyclic) bond motifs is 2. The van der Waals surface area contributed by atoms with Crippen LogP contribution < -0.4 is 14.8 Å². The van der Waals surface area contributed by atoms with Crippen molar-refractivity contribution in [2.75, 3.05) is 38.7 Å². The van der Waals surface area contributed by atoms with Crippen LogP contribution in [0.25, 0.3) is 10.9 Å². The van der Waals surface area contributed by atoms with Crippen LogP contribution in [0.1, 0.15) is 50.8 Å². The lowest BCUT2D eigenvalue weighted by Crippen LogP contribution is -2.39. The van der Waals surface area contributed by atoms with Gasteiger partial charge in [-0.1, -0.05) is 6.92 Å². The van der Waals surface area contributed by atoms with Crippen LogP contribution in [0.5, 0.6) is 11.5 Å². The molecule has 0 bridgehead atoms. The number of piperidine rings is 1. The molecular formula is C23H33N3O2. The number of anilines is 1. The smallest absolute Gasteiger partial charge is 0.163 e. The van der Waals surface area contributed by atoms with E-state index >= 15 is 0 Å². The van der Waals surface area contributed by atoms with Crippen LogP contribution in [0, 0.1) is 0 Å². The number of hydrogen-bond acceptors (Lipinski definition) is 5. The summed E-state index contributed by atoms with van der Waals surface area (Å²) in [7, 11) is 1.71. The number of pyridine rings is 1. The molecule has 2 aromatic rings. The third kappa shape index (κ3) is 3.77. The number of hydrogen-bond donors (Lipinski definition) is 1. The summed E-state index contributed by atoms with van der Waals surface area (Å²) in [6, 6.07) is 4.69. The highest BCUT2D eigenvalue weighted by molar-refractivity contribution is 5.96. The summed E-state index contributed by atoms with van der Waals surface area (Å²) in [5, 5.41) is 5.10. The summed E-state index contributed by atoms with van der Waals surface area (Å²) in [4.78, 5) is 7.57. The summed E-state index contributed by atoms with van der Waals surface area (Å²) in [5.74, 6) is 1.57. The molecule has 0 unspecified atom stereocenters. The maximum Gasteiger partial charge on any atom is 0.163 e. The van der Waals surface area contributed by atoms with Gasteiger partial charge in [-0.05, 0) is 63.6 Å². The minimum Gasteiger partial charge on any atom is -0.493 e. The third-order valence-corrected chi connectivity index (χ3v) is 6.23. The van der Waals surface area contributed by atoms with Crippen LogP contribution in [0.4, 0.5) is 5.69 Å². The molecule has 28 heavy (non-hydrogen) atoms. The van der Waals surface area contributed by atoms with Gasteiger partial charge in [0.05, 0.1) is 19.2 Å². The van der Waals surface area contributed by atoms with E-state index in [9.17, 15) is 0 Å². The lowest BCUT2D eigenvalue weighted by atomic mass is 9.91. The monoisotopic (exact) mass is 383 g/mol. The van der Waals surface area contributed by atoms with E-state index in [-0.39, 0.29) is 0 Å². The van der Waals surface area contributed by atoms with E-state index < -0.39 is 0 Å². The van der Waals surface area contributed by atoms with Crippen molar-refractivity contribution in [1.82, 2.24) is 9.88 Å². The Kier molecular flexibility index (Phi) is 5.90. The highest BCUT2D eigenvalue weighted by atomic mass is 16.5. The summed E-state index contributed by atoms with van der Waals surface area (Å²) in [6.07, 6.45) is 7.06. The number of ether oxygens (including phenoxy) is 2. The molecule has 5 heteroatoms. The number of likely N-dealkylation sites (tertiary alicyclic amines) is 1. The number of aryl methyl sites for hydroxylation is 1. The Balaban J connectivity index is 1.75. The van der Waals surface area contributed by atoms with E-state index in [0.717, 1.165) is 36.4 Å². The molecule has 1 aliphatic carbocycles. The van der Waals surface area contributed by atoms with Crippen LogP contribution in [0.2, 0.25) is 0 Å². The van der Waals surface area contributed by atoms with Crippen molar-refractivity contribution < 1.29 is 9.47 Å². The average molecular weight is 384 g/mol. The normalized spacial score (nSPS) is 18.1. The van der Waals surface area contributed by atoms with E-state index in [1.54, 1.807) is 7.11 Å². The highest BCUT2D eigenvalue weighted by Gasteiger charge is 2.24. The molecule has 1 aromatic carbocycles. The molecule has 5 nitrogen and oxygen atoms in total. The number of methoxy groups -OCH3 is 1. The predicted octanol–water partition coefficient (Wildman–Crippen LogP) is 4.42. The summed E-state index contributed by atoms with van der Waals surface area (Å²) >= 11 is 0. The molecule has 1 N–H and O–H groups in total. The van der Waals surface area contributed by atoms with Gasteiger partial charge in [0, 0.05) is 42.0 Å². The van der Waals surface area contributed by atoms with Crippen LogP contribution in [-0.4, -0.2) is 49.3 Å². The number of nitrogens with one attached hydrogen (secondary N) is 1. The first-order valence-corrected chi connectivity index (χ1v) is 10.9. The van der Waals surface area contributed by atoms with Gasteiger partial charge in [0.15, 0.2) is 11.5 Å². The van der Waals surface area contributed by atoms with Crippen molar-refractivity contribution in [3.8, 4) is 11.5 Å². The second-order valence-electron chi connectivity index (χ2n) is 7.93. The van der Waals surface area contributed by atoms with Crippen molar-refractivity contribution in [2.24, 2.45) is 0 Å². The minimum atomic E-state index is 0.525. The summed E-state index contributed by atoms with van der Waals surface area (Å²) < 4.78 is 11.4. The van der Waals surface area contributed by atoms with Gasteiger partial charge in [0.1, 0.15) is 0 Å². The predicted molar refractivity (Wildman–Crippen MR) is 115 cm³/mol. The Morgan fingerprint density at radius 3 is 2.61 bits per heavy atom. The van der Waals surface area contributed by atoms with Crippen molar-refractivity contribution in [3.63, 3.8) is 0 Å². The zero-order chi connectivity index (χ0) is 19.5. The lowest BCUT2D eigenvalue weighted by molar-refractivity contribution is 0.229. The second kappa shape index (κ2) is 8.56. The number of nitrogens with zero attached hydrogens (tertiary/aromatic N) is 2. The fourth-order valence-corrected chi connectivity index (χ4v) is 4.62. The fourth-order valence-electron chi connectivity index (χ4n) is 4.62.